The molecule has 1 unspecified atom stereocenters. The number of esters is 1. The van der Waals surface area contributed by atoms with Gasteiger partial charge in [0.15, 0.2) is 5.65 Å². The molecule has 5 rings (SSSR count). The van der Waals surface area contributed by atoms with Crippen LogP contribution >= 0.6 is 7.52 Å². The van der Waals surface area contributed by atoms with E-state index >= 15 is 0 Å². The maximum Gasteiger partial charge on any atom is 0.342 e. The number of hydrogen-bond donors (Lipinski definition) is 2. The van der Waals surface area contributed by atoms with Crippen LogP contribution in [0.2, 0.25) is 0 Å². The smallest absolute Gasteiger partial charge is 0.342 e. The lowest BCUT2D eigenvalue weighted by atomic mass is 10.2. The molecule has 0 amide bonds. The minimum Gasteiger partial charge on any atom is -0.460 e. The fraction of sp³-hybridized carbons (Fsp3) is 0.308. The van der Waals surface area contributed by atoms with Gasteiger partial charge in [-0.1, -0.05) is 48.5 Å². The summed E-state index contributed by atoms with van der Waals surface area (Å²) in [7, 11) is -3.69. The third-order valence-corrected chi connectivity index (χ3v) is 7.90. The molecule has 2 aromatic heterocycles. The van der Waals surface area contributed by atoms with E-state index in [1.807, 2.05) is 41.0 Å². The normalized spacial score (nSPS) is 16.4. The number of para-hydroxylation sites is 1. The number of carbonyl (C=O) groups excluding carboxylic acids is 1. The highest BCUT2D eigenvalue weighted by molar-refractivity contribution is 7.57. The van der Waals surface area contributed by atoms with Gasteiger partial charge in [-0.15, -0.1) is 0 Å². The maximum atomic E-state index is 14.0. The summed E-state index contributed by atoms with van der Waals surface area (Å²) in [5, 5.41) is 2.85. The molecule has 2 aromatic carbocycles. The predicted octanol–water partition coefficient (Wildman–Crippen LogP) is 3.91. The van der Waals surface area contributed by atoms with E-state index in [4.69, 9.17) is 19.7 Å². The Hall–Kier alpha value is -3.79. The molecule has 38 heavy (non-hydrogen) atoms. The second kappa shape index (κ2) is 10.9. The summed E-state index contributed by atoms with van der Waals surface area (Å²) >= 11 is 0. The third-order valence-electron chi connectivity index (χ3n) is 6.15. The molecule has 0 spiro atoms. The van der Waals surface area contributed by atoms with Gasteiger partial charge in [0.05, 0.1) is 24.7 Å². The number of hydrogen-bond acceptors (Lipinski definition) is 9. The number of rotatable bonds is 12. The van der Waals surface area contributed by atoms with Crippen LogP contribution in [0.4, 0.5) is 5.95 Å². The number of ether oxygens (including phenoxy) is 2. The number of nitrogens with one attached hydrogen (secondary N) is 1. The Kier molecular flexibility index (Phi) is 7.42. The average molecular weight is 537 g/mol. The first-order valence-electron chi connectivity index (χ1n) is 12.2. The minimum atomic E-state index is -3.69. The van der Waals surface area contributed by atoms with Crippen molar-refractivity contribution in [3.63, 3.8) is 0 Å². The number of aromatic nitrogens is 4. The van der Waals surface area contributed by atoms with Gasteiger partial charge in [-0.2, -0.15) is 4.98 Å². The number of fused-ring (bicyclic) bond motifs is 1. The van der Waals surface area contributed by atoms with Crippen molar-refractivity contribution in [2.24, 2.45) is 0 Å². The third kappa shape index (κ3) is 6.36. The standard InChI is InChI=1S/C26H29N6O5P/c1-19(24(33)35-15-20-8-4-2-5-9-20)31-38(34,37-21-10-6-3-7-11-21)18-36-26(12-13-26)16-32-17-29-22-14-28-25(27)30-23(22)32/h2-11,14,17,19H,12-13,15-16,18H2,1H3,(H,31,34)(H2,27,28,30)/t19-,38?/m0/s1. The molecule has 2 atom stereocenters. The van der Waals surface area contributed by atoms with Crippen LogP contribution in [0.1, 0.15) is 25.3 Å². The Morgan fingerprint density at radius 3 is 2.55 bits per heavy atom. The monoisotopic (exact) mass is 536 g/mol. The molecule has 1 fully saturated rings. The number of nitrogens with two attached hydrogens (primary N) is 1. The summed E-state index contributed by atoms with van der Waals surface area (Å²) in [5.41, 5.74) is 7.26. The van der Waals surface area contributed by atoms with Crippen LogP contribution in [0.25, 0.3) is 11.2 Å². The Labute approximate surface area is 219 Å². The summed E-state index contributed by atoms with van der Waals surface area (Å²) in [6, 6.07) is 17.2. The lowest BCUT2D eigenvalue weighted by Crippen LogP contribution is -2.36. The Balaban J connectivity index is 1.26. The van der Waals surface area contributed by atoms with E-state index in [0.717, 1.165) is 18.4 Å². The summed E-state index contributed by atoms with van der Waals surface area (Å²) in [6.07, 6.45) is 4.49. The molecule has 12 heteroatoms. The van der Waals surface area contributed by atoms with Gasteiger partial charge in [0.2, 0.25) is 5.95 Å². The second-order valence-electron chi connectivity index (χ2n) is 9.29. The van der Waals surface area contributed by atoms with Gasteiger partial charge in [0.1, 0.15) is 30.3 Å². The Bertz CT molecular complexity index is 1440. The molecular weight excluding hydrogens is 507 g/mol. The van der Waals surface area contributed by atoms with Crippen molar-refractivity contribution >= 4 is 30.6 Å². The summed E-state index contributed by atoms with van der Waals surface area (Å²) in [5.74, 6) is 0.00607. The summed E-state index contributed by atoms with van der Waals surface area (Å²) < 4.78 is 33.3. The highest BCUT2D eigenvalue weighted by atomic mass is 31.2. The lowest BCUT2D eigenvalue weighted by molar-refractivity contribution is -0.146. The fourth-order valence-corrected chi connectivity index (χ4v) is 5.73. The molecule has 3 N–H and O–H groups in total. The van der Waals surface area contributed by atoms with Crippen LogP contribution in [-0.4, -0.2) is 43.5 Å². The predicted molar refractivity (Wildman–Crippen MR) is 141 cm³/mol. The van der Waals surface area contributed by atoms with E-state index in [1.165, 1.54) is 0 Å². The average Bonchev–Trinajstić information content (AvgIpc) is 3.59. The van der Waals surface area contributed by atoms with E-state index < -0.39 is 25.1 Å². The quantitative estimate of drug-likeness (QED) is 0.202. The molecule has 4 aromatic rings. The number of imidazole rings is 1. The van der Waals surface area contributed by atoms with E-state index in [9.17, 15) is 9.36 Å². The number of anilines is 1. The topological polar surface area (TPSA) is 143 Å². The highest BCUT2D eigenvalue weighted by Gasteiger charge is 2.47. The SMILES string of the molecule is C[C@H](NP(=O)(COC1(Cn2cnc3cnc(N)nc32)CC1)Oc1ccccc1)C(=O)OCc1ccccc1. The van der Waals surface area contributed by atoms with Crippen molar-refractivity contribution < 1.29 is 23.4 Å². The Morgan fingerprint density at radius 1 is 1.13 bits per heavy atom. The van der Waals surface area contributed by atoms with Crippen molar-refractivity contribution in [2.75, 3.05) is 12.1 Å². The number of carbonyl (C=O) groups is 1. The minimum absolute atomic E-state index is 0.113. The fourth-order valence-electron chi connectivity index (χ4n) is 3.95. The number of nitrogens with zero attached hydrogens (tertiary/aromatic N) is 4. The second-order valence-corrected chi connectivity index (χ2v) is 11.3. The zero-order chi connectivity index (χ0) is 26.6. The molecule has 198 valence electrons. The van der Waals surface area contributed by atoms with E-state index in [1.54, 1.807) is 43.7 Å². The van der Waals surface area contributed by atoms with Crippen molar-refractivity contribution in [3.05, 3.63) is 78.8 Å². The maximum absolute atomic E-state index is 14.0. The first kappa shape index (κ1) is 25.8. The van der Waals surface area contributed by atoms with Crippen LogP contribution in [0.5, 0.6) is 5.75 Å². The molecular formula is C26H29N6O5P. The molecule has 1 aliphatic rings. The van der Waals surface area contributed by atoms with Gasteiger partial charge in [0, 0.05) is 0 Å². The number of benzene rings is 2. The Morgan fingerprint density at radius 2 is 1.84 bits per heavy atom. The molecule has 0 aliphatic heterocycles. The van der Waals surface area contributed by atoms with E-state index in [2.05, 4.69) is 20.0 Å². The molecule has 2 heterocycles. The van der Waals surface area contributed by atoms with Crippen LogP contribution in [0.15, 0.2) is 73.2 Å². The van der Waals surface area contributed by atoms with Crippen LogP contribution in [0, 0.1) is 0 Å². The zero-order valence-electron chi connectivity index (χ0n) is 20.9. The van der Waals surface area contributed by atoms with Crippen molar-refractivity contribution in [1.29, 1.82) is 0 Å². The molecule has 1 saturated carbocycles. The van der Waals surface area contributed by atoms with Gasteiger partial charge in [-0.25, -0.2) is 15.1 Å². The molecule has 0 radical (unpaired) electrons. The summed E-state index contributed by atoms with van der Waals surface area (Å²) in [4.78, 5) is 25.3. The first-order valence-corrected chi connectivity index (χ1v) is 14.0. The van der Waals surface area contributed by atoms with Gasteiger partial charge < -0.3 is 24.3 Å². The van der Waals surface area contributed by atoms with E-state index in [0.29, 0.717) is 23.5 Å². The number of nitrogen functional groups attached to an aromatic ring is 1. The van der Waals surface area contributed by atoms with Crippen molar-refractivity contribution in [3.8, 4) is 5.75 Å². The molecule has 0 saturated heterocycles. The van der Waals surface area contributed by atoms with Crippen molar-refractivity contribution in [1.82, 2.24) is 24.6 Å². The van der Waals surface area contributed by atoms with Gasteiger partial charge in [-0.05, 0) is 37.5 Å². The zero-order valence-corrected chi connectivity index (χ0v) is 21.8. The summed E-state index contributed by atoms with van der Waals surface area (Å²) in [6.45, 7) is 2.14. The van der Waals surface area contributed by atoms with Crippen LogP contribution < -0.4 is 15.3 Å². The molecule has 0 bridgehead atoms. The van der Waals surface area contributed by atoms with Crippen molar-refractivity contribution in [2.45, 2.75) is 44.6 Å². The van der Waals surface area contributed by atoms with Gasteiger partial charge >= 0.3 is 13.5 Å². The van der Waals surface area contributed by atoms with Gasteiger partial charge in [0.25, 0.3) is 0 Å². The molecule has 11 nitrogen and oxygen atoms in total. The first-order chi connectivity index (χ1) is 18.3. The largest absolute Gasteiger partial charge is 0.460 e. The van der Waals surface area contributed by atoms with E-state index in [-0.39, 0.29) is 18.9 Å². The lowest BCUT2D eigenvalue weighted by Gasteiger charge is -2.26. The van der Waals surface area contributed by atoms with Gasteiger partial charge in [-0.3, -0.25) is 9.36 Å². The van der Waals surface area contributed by atoms with Crippen LogP contribution in [0.3, 0.4) is 0 Å². The molecule has 1 aliphatic carbocycles. The van der Waals surface area contributed by atoms with Crippen LogP contribution in [-0.2, 0) is 32.0 Å². The highest BCUT2D eigenvalue weighted by Crippen LogP contribution is 2.49.